The Hall–Kier alpha value is -2.23. The lowest BCUT2D eigenvalue weighted by atomic mass is 10.1. The number of unbranched alkanes of at least 4 members (excludes halogenated alkanes) is 1. The van der Waals surface area contributed by atoms with Crippen molar-refractivity contribution < 1.29 is 9.53 Å². The molecule has 2 aromatic rings. The first kappa shape index (κ1) is 14.2. The highest BCUT2D eigenvalue weighted by molar-refractivity contribution is 6.08. The second kappa shape index (κ2) is 6.28. The number of benzene rings is 2. The van der Waals surface area contributed by atoms with Crippen LogP contribution in [-0.4, -0.2) is 12.5 Å². The van der Waals surface area contributed by atoms with Gasteiger partial charge >= 0.3 is 0 Å². The number of anilines is 2. The van der Waals surface area contributed by atoms with E-state index in [0.717, 1.165) is 29.4 Å². The number of amides is 1. The molecular formula is C16H20N2O2. The SMILES string of the molecule is CCCCOc1cc(N)c(NC(C)=O)c2ccccc12. The molecule has 0 bridgehead atoms. The van der Waals surface area contributed by atoms with E-state index in [1.54, 1.807) is 6.07 Å². The summed E-state index contributed by atoms with van der Waals surface area (Å²) in [5.74, 6) is 0.627. The summed E-state index contributed by atoms with van der Waals surface area (Å²) in [6.07, 6.45) is 2.08. The average molecular weight is 272 g/mol. The maximum atomic E-state index is 11.3. The predicted octanol–water partition coefficient (Wildman–Crippen LogP) is 3.56. The van der Waals surface area contributed by atoms with Gasteiger partial charge in [-0.15, -0.1) is 0 Å². The van der Waals surface area contributed by atoms with Crippen molar-refractivity contribution in [2.45, 2.75) is 26.7 Å². The Bertz CT molecular complexity index is 623. The van der Waals surface area contributed by atoms with Gasteiger partial charge in [-0.2, -0.15) is 0 Å². The molecular weight excluding hydrogens is 252 g/mol. The first-order chi connectivity index (χ1) is 9.63. The molecule has 3 N–H and O–H groups in total. The van der Waals surface area contributed by atoms with Crippen molar-refractivity contribution in [2.24, 2.45) is 0 Å². The predicted molar refractivity (Wildman–Crippen MR) is 83.1 cm³/mol. The van der Waals surface area contributed by atoms with Gasteiger partial charge in [0.2, 0.25) is 5.91 Å². The molecule has 0 spiro atoms. The molecule has 0 atom stereocenters. The summed E-state index contributed by atoms with van der Waals surface area (Å²) in [6, 6.07) is 9.56. The van der Waals surface area contributed by atoms with Crippen LogP contribution in [-0.2, 0) is 4.79 Å². The fourth-order valence-electron chi connectivity index (χ4n) is 2.12. The van der Waals surface area contributed by atoms with E-state index < -0.39 is 0 Å². The number of fused-ring (bicyclic) bond motifs is 1. The van der Waals surface area contributed by atoms with E-state index in [-0.39, 0.29) is 5.91 Å². The van der Waals surface area contributed by atoms with Crippen LogP contribution in [0.4, 0.5) is 11.4 Å². The van der Waals surface area contributed by atoms with Gasteiger partial charge in [0.05, 0.1) is 18.0 Å². The van der Waals surface area contributed by atoms with E-state index in [1.807, 2.05) is 24.3 Å². The van der Waals surface area contributed by atoms with Gasteiger partial charge < -0.3 is 15.8 Å². The van der Waals surface area contributed by atoms with E-state index in [4.69, 9.17) is 10.5 Å². The Labute approximate surface area is 118 Å². The van der Waals surface area contributed by atoms with Crippen molar-refractivity contribution >= 4 is 28.1 Å². The van der Waals surface area contributed by atoms with Crippen LogP contribution in [0.2, 0.25) is 0 Å². The number of carbonyl (C=O) groups excluding carboxylic acids is 1. The zero-order valence-corrected chi connectivity index (χ0v) is 11.9. The van der Waals surface area contributed by atoms with Crippen LogP contribution < -0.4 is 15.8 Å². The second-order valence-corrected chi connectivity index (χ2v) is 4.77. The molecule has 0 saturated carbocycles. The molecule has 0 radical (unpaired) electrons. The lowest BCUT2D eigenvalue weighted by Crippen LogP contribution is -2.09. The van der Waals surface area contributed by atoms with Crippen molar-refractivity contribution in [3.63, 3.8) is 0 Å². The number of nitrogens with two attached hydrogens (primary N) is 1. The minimum absolute atomic E-state index is 0.137. The van der Waals surface area contributed by atoms with Gasteiger partial charge in [0.15, 0.2) is 0 Å². The molecule has 0 unspecified atom stereocenters. The Morgan fingerprint density at radius 1 is 1.30 bits per heavy atom. The molecule has 20 heavy (non-hydrogen) atoms. The van der Waals surface area contributed by atoms with Crippen molar-refractivity contribution in [3.8, 4) is 5.75 Å². The lowest BCUT2D eigenvalue weighted by molar-refractivity contribution is -0.114. The van der Waals surface area contributed by atoms with Crippen LogP contribution in [0.3, 0.4) is 0 Å². The molecule has 2 aromatic carbocycles. The van der Waals surface area contributed by atoms with Crippen molar-refractivity contribution in [2.75, 3.05) is 17.7 Å². The number of carbonyl (C=O) groups is 1. The first-order valence-electron chi connectivity index (χ1n) is 6.85. The molecule has 1 amide bonds. The summed E-state index contributed by atoms with van der Waals surface area (Å²) in [6.45, 7) is 4.26. The normalized spacial score (nSPS) is 10.5. The quantitative estimate of drug-likeness (QED) is 0.646. The highest BCUT2D eigenvalue weighted by Gasteiger charge is 2.11. The number of nitrogens with one attached hydrogen (secondary N) is 1. The number of rotatable bonds is 5. The van der Waals surface area contributed by atoms with Gasteiger partial charge in [-0.05, 0) is 6.42 Å². The molecule has 0 heterocycles. The molecule has 4 nitrogen and oxygen atoms in total. The molecule has 106 valence electrons. The first-order valence-corrected chi connectivity index (χ1v) is 6.85. The summed E-state index contributed by atoms with van der Waals surface area (Å²) in [5, 5.41) is 4.65. The zero-order chi connectivity index (χ0) is 14.5. The second-order valence-electron chi connectivity index (χ2n) is 4.77. The molecule has 4 heteroatoms. The Morgan fingerprint density at radius 3 is 2.65 bits per heavy atom. The summed E-state index contributed by atoms with van der Waals surface area (Å²) >= 11 is 0. The lowest BCUT2D eigenvalue weighted by Gasteiger charge is -2.15. The van der Waals surface area contributed by atoms with Crippen LogP contribution in [0.15, 0.2) is 30.3 Å². The van der Waals surface area contributed by atoms with Crippen molar-refractivity contribution in [1.29, 1.82) is 0 Å². The maximum Gasteiger partial charge on any atom is 0.221 e. The van der Waals surface area contributed by atoms with Crippen LogP contribution in [0.1, 0.15) is 26.7 Å². The van der Waals surface area contributed by atoms with E-state index in [0.29, 0.717) is 18.0 Å². The zero-order valence-electron chi connectivity index (χ0n) is 11.9. The average Bonchev–Trinajstić information content (AvgIpc) is 2.43. The van der Waals surface area contributed by atoms with Gasteiger partial charge in [-0.25, -0.2) is 0 Å². The van der Waals surface area contributed by atoms with Crippen LogP contribution in [0.5, 0.6) is 5.75 Å². The molecule has 0 aliphatic heterocycles. The Kier molecular flexibility index (Phi) is 4.45. The molecule has 0 aliphatic carbocycles. The summed E-state index contributed by atoms with van der Waals surface area (Å²) < 4.78 is 5.81. The van der Waals surface area contributed by atoms with E-state index in [1.165, 1.54) is 6.92 Å². The smallest absolute Gasteiger partial charge is 0.221 e. The van der Waals surface area contributed by atoms with Crippen LogP contribution >= 0.6 is 0 Å². The van der Waals surface area contributed by atoms with Crippen LogP contribution in [0.25, 0.3) is 10.8 Å². The highest BCUT2D eigenvalue weighted by atomic mass is 16.5. The fraction of sp³-hybridized carbons (Fsp3) is 0.312. The van der Waals surface area contributed by atoms with Gasteiger partial charge in [0, 0.05) is 23.8 Å². The summed E-state index contributed by atoms with van der Waals surface area (Å²) in [5.41, 5.74) is 7.21. The Balaban J connectivity index is 2.48. The minimum atomic E-state index is -0.137. The van der Waals surface area contributed by atoms with Crippen LogP contribution in [0, 0.1) is 0 Å². The van der Waals surface area contributed by atoms with E-state index >= 15 is 0 Å². The third-order valence-corrected chi connectivity index (χ3v) is 3.09. The fourth-order valence-corrected chi connectivity index (χ4v) is 2.12. The van der Waals surface area contributed by atoms with E-state index in [9.17, 15) is 4.79 Å². The minimum Gasteiger partial charge on any atom is -0.493 e. The number of nitrogen functional groups attached to an aromatic ring is 1. The number of hydrogen-bond donors (Lipinski definition) is 2. The topological polar surface area (TPSA) is 64.3 Å². The number of hydrogen-bond acceptors (Lipinski definition) is 3. The van der Waals surface area contributed by atoms with Gasteiger partial charge in [-0.3, -0.25) is 4.79 Å². The monoisotopic (exact) mass is 272 g/mol. The van der Waals surface area contributed by atoms with Gasteiger partial charge in [0.1, 0.15) is 5.75 Å². The van der Waals surface area contributed by atoms with E-state index in [2.05, 4.69) is 12.2 Å². The third-order valence-electron chi connectivity index (χ3n) is 3.09. The third kappa shape index (κ3) is 3.02. The highest BCUT2D eigenvalue weighted by Crippen LogP contribution is 2.36. The van der Waals surface area contributed by atoms with Crippen molar-refractivity contribution in [1.82, 2.24) is 0 Å². The molecule has 2 rings (SSSR count). The summed E-state index contributed by atoms with van der Waals surface area (Å²) in [4.78, 5) is 11.3. The molecule has 0 aromatic heterocycles. The maximum absolute atomic E-state index is 11.3. The standard InChI is InChI=1S/C16H20N2O2/c1-3-4-9-20-15-10-14(17)16(18-11(2)19)13-8-6-5-7-12(13)15/h5-8,10H,3-4,9,17H2,1-2H3,(H,18,19). The molecule has 0 aliphatic rings. The largest absolute Gasteiger partial charge is 0.493 e. The van der Waals surface area contributed by atoms with Crippen molar-refractivity contribution in [3.05, 3.63) is 30.3 Å². The number of ether oxygens (including phenoxy) is 1. The van der Waals surface area contributed by atoms with Gasteiger partial charge in [-0.1, -0.05) is 37.6 Å². The Morgan fingerprint density at radius 2 is 2.00 bits per heavy atom. The molecule has 0 fully saturated rings. The molecule has 0 saturated heterocycles. The van der Waals surface area contributed by atoms with Gasteiger partial charge in [0.25, 0.3) is 0 Å². The summed E-state index contributed by atoms with van der Waals surface area (Å²) in [7, 11) is 0.